The highest BCUT2D eigenvalue weighted by Crippen LogP contribution is 2.53. The first kappa shape index (κ1) is 25.7. The summed E-state index contributed by atoms with van der Waals surface area (Å²) in [4.78, 5) is 47.3. The number of rotatable bonds is 8. The van der Waals surface area contributed by atoms with Crippen molar-refractivity contribution in [3.8, 4) is 0 Å². The summed E-state index contributed by atoms with van der Waals surface area (Å²) in [7, 11) is 0. The number of nitrogens with zero attached hydrogens (tertiary/aromatic N) is 3. The van der Waals surface area contributed by atoms with Gasteiger partial charge < -0.3 is 24.5 Å². The summed E-state index contributed by atoms with van der Waals surface area (Å²) in [5, 5.41) is 9.53. The third-order valence-electron chi connectivity index (χ3n) is 8.29. The lowest BCUT2D eigenvalue weighted by molar-refractivity contribution is -0.149. The van der Waals surface area contributed by atoms with Crippen molar-refractivity contribution in [1.29, 1.82) is 0 Å². The number of ether oxygens (including phenoxy) is 1. The molecule has 0 aromatic heterocycles. The zero-order chi connectivity index (χ0) is 26.2. The SMILES string of the molecule is CCCC(C)N1CC=C[C@]23O[C@H]4C=CCN(Cc5ccccc5)C(=O)[C@H]4[C@H]2C(=O)N(CCCO)C3C1=O. The lowest BCUT2D eigenvalue weighted by Crippen LogP contribution is -2.56. The molecule has 37 heavy (non-hydrogen) atoms. The Kier molecular flexibility index (Phi) is 7.23. The molecule has 6 atom stereocenters. The highest BCUT2D eigenvalue weighted by molar-refractivity contribution is 5.99. The minimum absolute atomic E-state index is 0.0147. The molecule has 4 aliphatic heterocycles. The quantitative estimate of drug-likeness (QED) is 0.545. The smallest absolute Gasteiger partial charge is 0.249 e. The lowest BCUT2D eigenvalue weighted by atomic mass is 9.77. The maximum absolute atomic E-state index is 14.1. The minimum Gasteiger partial charge on any atom is -0.396 e. The van der Waals surface area contributed by atoms with Crippen molar-refractivity contribution in [2.45, 2.75) is 63.4 Å². The molecule has 5 rings (SSSR count). The molecule has 8 heteroatoms. The predicted molar refractivity (Wildman–Crippen MR) is 138 cm³/mol. The first-order valence-corrected chi connectivity index (χ1v) is 13.5. The second-order valence-electron chi connectivity index (χ2n) is 10.6. The van der Waals surface area contributed by atoms with Gasteiger partial charge in [-0.1, -0.05) is 68.0 Å². The van der Waals surface area contributed by atoms with Gasteiger partial charge in [0.2, 0.25) is 17.7 Å². The highest BCUT2D eigenvalue weighted by atomic mass is 16.5. The van der Waals surface area contributed by atoms with Gasteiger partial charge in [0.1, 0.15) is 11.6 Å². The maximum atomic E-state index is 14.1. The lowest BCUT2D eigenvalue weighted by Gasteiger charge is -2.37. The number of fused-ring (bicyclic) bond motifs is 2. The van der Waals surface area contributed by atoms with Crippen LogP contribution in [-0.2, 0) is 25.7 Å². The van der Waals surface area contributed by atoms with Crippen LogP contribution in [0.1, 0.15) is 38.7 Å². The Labute approximate surface area is 218 Å². The third kappa shape index (κ3) is 4.30. The average Bonchev–Trinajstić information content (AvgIpc) is 3.20. The van der Waals surface area contributed by atoms with Crippen LogP contribution in [-0.4, -0.2) is 87.6 Å². The van der Waals surface area contributed by atoms with Crippen molar-refractivity contribution in [3.63, 3.8) is 0 Å². The van der Waals surface area contributed by atoms with E-state index in [-0.39, 0.29) is 36.9 Å². The number of likely N-dealkylation sites (tertiary alicyclic amines) is 1. The molecule has 2 fully saturated rings. The molecule has 3 amide bonds. The Bertz CT molecular complexity index is 1090. The summed E-state index contributed by atoms with van der Waals surface area (Å²) in [5.41, 5.74) is -0.198. The summed E-state index contributed by atoms with van der Waals surface area (Å²) in [6.07, 6.45) is 9.21. The summed E-state index contributed by atoms with van der Waals surface area (Å²) in [5.74, 6) is -2.02. The molecule has 4 aliphatic rings. The number of amides is 3. The van der Waals surface area contributed by atoms with Crippen molar-refractivity contribution >= 4 is 17.7 Å². The molecule has 1 aromatic rings. The molecule has 1 aromatic carbocycles. The van der Waals surface area contributed by atoms with E-state index in [0.717, 1.165) is 18.4 Å². The minimum atomic E-state index is -1.21. The van der Waals surface area contributed by atoms with Crippen LogP contribution >= 0.6 is 0 Å². The van der Waals surface area contributed by atoms with E-state index < -0.39 is 29.6 Å². The number of hydrogen-bond donors (Lipinski definition) is 1. The molecule has 2 saturated heterocycles. The number of carbonyl (C=O) groups is 3. The fourth-order valence-electron chi connectivity index (χ4n) is 6.60. The van der Waals surface area contributed by atoms with Crippen LogP contribution in [0.3, 0.4) is 0 Å². The molecule has 0 saturated carbocycles. The van der Waals surface area contributed by atoms with Crippen LogP contribution in [0, 0.1) is 11.8 Å². The van der Waals surface area contributed by atoms with E-state index in [2.05, 4.69) is 6.92 Å². The van der Waals surface area contributed by atoms with Gasteiger partial charge in [-0.2, -0.15) is 0 Å². The molecule has 0 aliphatic carbocycles. The summed E-state index contributed by atoms with van der Waals surface area (Å²) in [6, 6.07) is 8.96. The van der Waals surface area contributed by atoms with Gasteiger partial charge in [0, 0.05) is 38.8 Å². The third-order valence-corrected chi connectivity index (χ3v) is 8.29. The van der Waals surface area contributed by atoms with Crippen molar-refractivity contribution < 1.29 is 24.2 Å². The molecule has 4 heterocycles. The van der Waals surface area contributed by atoms with E-state index in [1.54, 1.807) is 9.80 Å². The molecule has 1 N–H and O–H groups in total. The van der Waals surface area contributed by atoms with Gasteiger partial charge >= 0.3 is 0 Å². The Morgan fingerprint density at radius 2 is 1.86 bits per heavy atom. The summed E-state index contributed by atoms with van der Waals surface area (Å²) < 4.78 is 6.66. The normalized spacial score (nSPS) is 31.8. The van der Waals surface area contributed by atoms with Gasteiger partial charge in [0.15, 0.2) is 0 Å². The Balaban J connectivity index is 1.53. The molecular weight excluding hydrogens is 470 g/mol. The second-order valence-corrected chi connectivity index (χ2v) is 10.6. The van der Waals surface area contributed by atoms with Crippen LogP contribution in [0.4, 0.5) is 0 Å². The van der Waals surface area contributed by atoms with Gasteiger partial charge in [-0.25, -0.2) is 0 Å². The summed E-state index contributed by atoms with van der Waals surface area (Å²) in [6.45, 7) is 5.59. The van der Waals surface area contributed by atoms with E-state index in [9.17, 15) is 19.5 Å². The van der Waals surface area contributed by atoms with Crippen LogP contribution in [0.25, 0.3) is 0 Å². The van der Waals surface area contributed by atoms with Crippen molar-refractivity contribution in [3.05, 3.63) is 60.2 Å². The molecule has 8 nitrogen and oxygen atoms in total. The van der Waals surface area contributed by atoms with Crippen molar-refractivity contribution in [2.75, 3.05) is 26.2 Å². The van der Waals surface area contributed by atoms with E-state index >= 15 is 0 Å². The van der Waals surface area contributed by atoms with E-state index in [1.165, 1.54) is 0 Å². The van der Waals surface area contributed by atoms with E-state index in [1.807, 2.05) is 66.5 Å². The zero-order valence-corrected chi connectivity index (χ0v) is 21.7. The monoisotopic (exact) mass is 507 g/mol. The Morgan fingerprint density at radius 3 is 2.59 bits per heavy atom. The number of benzene rings is 1. The number of hydrogen-bond acceptors (Lipinski definition) is 5. The van der Waals surface area contributed by atoms with Gasteiger partial charge in [0.25, 0.3) is 0 Å². The van der Waals surface area contributed by atoms with Gasteiger partial charge in [-0.15, -0.1) is 0 Å². The fourth-order valence-corrected chi connectivity index (χ4v) is 6.60. The predicted octanol–water partition coefficient (Wildman–Crippen LogP) is 2.14. The standard InChI is InChI=1S/C29H37N3O5/c1-3-10-20(2)31-16-8-14-29-24(27(35)32(17-9-18-33)25(29)28(31)36)23-22(37-29)13-7-15-30(26(23)34)19-21-11-5-4-6-12-21/h4-8,11-14,20,22-25,33H,3,9-10,15-19H2,1-2H3/t20?,22-,23+,24-,25?,29-/m0/s1. The van der Waals surface area contributed by atoms with Gasteiger partial charge in [-0.3, -0.25) is 14.4 Å². The van der Waals surface area contributed by atoms with Crippen molar-refractivity contribution in [1.82, 2.24) is 14.7 Å². The zero-order valence-electron chi connectivity index (χ0n) is 21.7. The highest BCUT2D eigenvalue weighted by Gasteiger charge is 2.71. The molecular formula is C29H37N3O5. The molecule has 0 bridgehead atoms. The van der Waals surface area contributed by atoms with Crippen LogP contribution in [0.2, 0.25) is 0 Å². The molecule has 1 spiro atoms. The number of aliphatic hydroxyl groups is 1. The van der Waals surface area contributed by atoms with Crippen LogP contribution in [0.5, 0.6) is 0 Å². The molecule has 2 unspecified atom stereocenters. The maximum Gasteiger partial charge on any atom is 0.249 e. The summed E-state index contributed by atoms with van der Waals surface area (Å²) >= 11 is 0. The van der Waals surface area contributed by atoms with Crippen LogP contribution < -0.4 is 0 Å². The fraction of sp³-hybridized carbons (Fsp3) is 0.552. The number of carbonyl (C=O) groups excluding carboxylic acids is 3. The van der Waals surface area contributed by atoms with Gasteiger partial charge in [0.05, 0.1) is 17.9 Å². The Morgan fingerprint density at radius 1 is 1.08 bits per heavy atom. The van der Waals surface area contributed by atoms with E-state index in [4.69, 9.17) is 4.74 Å². The largest absolute Gasteiger partial charge is 0.396 e. The molecule has 198 valence electrons. The average molecular weight is 508 g/mol. The first-order valence-electron chi connectivity index (χ1n) is 13.5. The van der Waals surface area contributed by atoms with E-state index in [0.29, 0.717) is 26.1 Å². The van der Waals surface area contributed by atoms with Crippen molar-refractivity contribution in [2.24, 2.45) is 11.8 Å². The topological polar surface area (TPSA) is 90.4 Å². The first-order chi connectivity index (χ1) is 17.9. The second kappa shape index (κ2) is 10.4. The van der Waals surface area contributed by atoms with Gasteiger partial charge in [-0.05, 0) is 25.3 Å². The Hall–Kier alpha value is -2.97. The number of aliphatic hydroxyl groups excluding tert-OH is 1. The molecule has 0 radical (unpaired) electrons. The van der Waals surface area contributed by atoms with Crippen LogP contribution in [0.15, 0.2) is 54.6 Å².